The van der Waals surface area contributed by atoms with Gasteiger partial charge in [-0.3, -0.25) is 9.59 Å². The summed E-state index contributed by atoms with van der Waals surface area (Å²) in [5.74, 6) is -1.94. The second-order valence-corrected chi connectivity index (χ2v) is 3.71. The lowest BCUT2D eigenvalue weighted by molar-refractivity contribution is -0.150. The van der Waals surface area contributed by atoms with Gasteiger partial charge in [-0.25, -0.2) is 4.79 Å². The van der Waals surface area contributed by atoms with Crippen LogP contribution in [0.1, 0.15) is 10.4 Å². The van der Waals surface area contributed by atoms with Crippen molar-refractivity contribution in [1.82, 2.24) is 0 Å². The van der Waals surface area contributed by atoms with E-state index in [1.807, 2.05) is 0 Å². The number of esters is 1. The van der Waals surface area contributed by atoms with Crippen LogP contribution in [0.4, 0.5) is 5.69 Å². The zero-order valence-corrected chi connectivity index (χ0v) is 9.91. The fourth-order valence-corrected chi connectivity index (χ4v) is 1.37. The van der Waals surface area contributed by atoms with Gasteiger partial charge in [0, 0.05) is 10.0 Å². The van der Waals surface area contributed by atoms with Crippen molar-refractivity contribution in [2.24, 2.45) is 0 Å². The molecule has 0 bridgehead atoms. The Morgan fingerprint density at radius 3 is 2.69 bits per heavy atom. The average Bonchev–Trinajstić information content (AvgIpc) is 2.28. The third kappa shape index (κ3) is 2.90. The summed E-state index contributed by atoms with van der Waals surface area (Å²) in [5, 5.41) is 2.28. The molecule has 0 fully saturated rings. The summed E-state index contributed by atoms with van der Waals surface area (Å²) in [5.41, 5.74) is 0.528. The Balaban J connectivity index is 2.95. The summed E-state index contributed by atoms with van der Waals surface area (Å²) in [6.45, 7) is 0. The number of ether oxygens (including phenoxy) is 1. The number of methoxy groups -OCH3 is 1. The standard InChI is InChI=1S/C10H8BrNO4/c1-16-10(15)9(14)12-8-4-7(11)3-2-6(8)5-13/h2-5H,1H3,(H,12,14). The maximum Gasteiger partial charge on any atom is 0.396 e. The molecule has 1 amide bonds. The second kappa shape index (κ2) is 5.41. The first-order valence-electron chi connectivity index (χ1n) is 4.22. The van der Waals surface area contributed by atoms with Crippen molar-refractivity contribution in [3.05, 3.63) is 28.2 Å². The first-order valence-corrected chi connectivity index (χ1v) is 5.02. The highest BCUT2D eigenvalue weighted by molar-refractivity contribution is 9.10. The second-order valence-electron chi connectivity index (χ2n) is 2.80. The molecule has 1 N–H and O–H groups in total. The zero-order chi connectivity index (χ0) is 12.1. The van der Waals surface area contributed by atoms with Gasteiger partial charge in [-0.15, -0.1) is 0 Å². The van der Waals surface area contributed by atoms with Crippen LogP contribution in [0.3, 0.4) is 0 Å². The zero-order valence-electron chi connectivity index (χ0n) is 8.32. The van der Waals surface area contributed by atoms with Gasteiger partial charge in [0.05, 0.1) is 12.8 Å². The molecule has 0 atom stereocenters. The Labute approximate surface area is 99.9 Å². The summed E-state index contributed by atoms with van der Waals surface area (Å²) in [7, 11) is 1.10. The van der Waals surface area contributed by atoms with Gasteiger partial charge in [0.25, 0.3) is 0 Å². The molecule has 0 heterocycles. The van der Waals surface area contributed by atoms with Crippen molar-refractivity contribution in [2.45, 2.75) is 0 Å². The fourth-order valence-electron chi connectivity index (χ4n) is 1.01. The molecule has 0 spiro atoms. The largest absolute Gasteiger partial charge is 0.462 e. The van der Waals surface area contributed by atoms with E-state index in [0.29, 0.717) is 10.8 Å². The highest BCUT2D eigenvalue weighted by Crippen LogP contribution is 2.20. The maximum absolute atomic E-state index is 11.2. The molecular weight excluding hydrogens is 278 g/mol. The molecule has 16 heavy (non-hydrogen) atoms. The van der Waals surface area contributed by atoms with Gasteiger partial charge in [0.2, 0.25) is 0 Å². The van der Waals surface area contributed by atoms with Gasteiger partial charge in [-0.05, 0) is 18.2 Å². The molecule has 0 radical (unpaired) electrons. The number of anilines is 1. The highest BCUT2D eigenvalue weighted by Gasteiger charge is 2.15. The van der Waals surface area contributed by atoms with Crippen molar-refractivity contribution in [1.29, 1.82) is 0 Å². The summed E-state index contributed by atoms with van der Waals surface area (Å²) in [6.07, 6.45) is 0.583. The fraction of sp³-hybridized carbons (Fsp3) is 0.100. The van der Waals surface area contributed by atoms with Gasteiger partial charge in [0.15, 0.2) is 6.29 Å². The molecule has 5 nitrogen and oxygen atoms in total. The summed E-state index contributed by atoms with van der Waals surface area (Å²) < 4.78 is 4.92. The number of hydrogen-bond donors (Lipinski definition) is 1. The summed E-state index contributed by atoms with van der Waals surface area (Å²) in [4.78, 5) is 32.7. The molecular formula is C10H8BrNO4. The van der Waals surface area contributed by atoms with Gasteiger partial charge in [-0.2, -0.15) is 0 Å². The summed E-state index contributed by atoms with van der Waals surface area (Å²) >= 11 is 3.19. The molecule has 0 saturated carbocycles. The van der Waals surface area contributed by atoms with Crippen molar-refractivity contribution >= 4 is 39.8 Å². The van der Waals surface area contributed by atoms with Crippen LogP contribution in [0.2, 0.25) is 0 Å². The number of hydrogen-bond acceptors (Lipinski definition) is 4. The molecule has 0 aliphatic carbocycles. The first-order chi connectivity index (χ1) is 7.58. The van der Waals surface area contributed by atoms with Crippen LogP contribution in [0, 0.1) is 0 Å². The number of carbonyl (C=O) groups is 3. The van der Waals surface area contributed by atoms with Crippen LogP contribution in [0.15, 0.2) is 22.7 Å². The van der Waals surface area contributed by atoms with E-state index < -0.39 is 11.9 Å². The molecule has 0 aliphatic rings. The van der Waals surface area contributed by atoms with Crippen LogP contribution in [-0.2, 0) is 14.3 Å². The first kappa shape index (κ1) is 12.4. The van der Waals surface area contributed by atoms with E-state index in [1.165, 1.54) is 12.1 Å². The van der Waals surface area contributed by atoms with E-state index >= 15 is 0 Å². The number of amides is 1. The van der Waals surface area contributed by atoms with Gasteiger partial charge in [0.1, 0.15) is 0 Å². The van der Waals surface area contributed by atoms with E-state index in [4.69, 9.17) is 0 Å². The van der Waals surface area contributed by atoms with E-state index in [9.17, 15) is 14.4 Å². The molecule has 1 aromatic rings. The van der Waals surface area contributed by atoms with E-state index in [1.54, 1.807) is 6.07 Å². The Kier molecular flexibility index (Phi) is 4.19. The Morgan fingerprint density at radius 2 is 2.12 bits per heavy atom. The average molecular weight is 286 g/mol. The van der Waals surface area contributed by atoms with Crippen molar-refractivity contribution in [2.75, 3.05) is 12.4 Å². The highest BCUT2D eigenvalue weighted by atomic mass is 79.9. The van der Waals surface area contributed by atoms with Crippen LogP contribution in [-0.4, -0.2) is 25.3 Å². The quantitative estimate of drug-likeness (QED) is 0.506. The lowest BCUT2D eigenvalue weighted by Crippen LogP contribution is -2.24. The SMILES string of the molecule is COC(=O)C(=O)Nc1cc(Br)ccc1C=O. The number of carbonyl (C=O) groups excluding carboxylic acids is 3. The van der Waals surface area contributed by atoms with Crippen LogP contribution in [0.25, 0.3) is 0 Å². The van der Waals surface area contributed by atoms with Gasteiger partial charge < -0.3 is 10.1 Å². The van der Waals surface area contributed by atoms with Crippen LogP contribution < -0.4 is 5.32 Å². The minimum Gasteiger partial charge on any atom is -0.462 e. The third-order valence-electron chi connectivity index (χ3n) is 1.76. The molecule has 1 aromatic carbocycles. The van der Waals surface area contributed by atoms with Crippen LogP contribution in [0.5, 0.6) is 0 Å². The molecule has 84 valence electrons. The molecule has 1 rings (SSSR count). The molecule has 0 unspecified atom stereocenters. The number of rotatable bonds is 2. The van der Waals surface area contributed by atoms with E-state index in [-0.39, 0.29) is 11.3 Å². The third-order valence-corrected chi connectivity index (χ3v) is 2.25. The normalized spacial score (nSPS) is 9.38. The van der Waals surface area contributed by atoms with Crippen molar-refractivity contribution in [3.63, 3.8) is 0 Å². The number of nitrogens with one attached hydrogen (secondary N) is 1. The molecule has 6 heteroatoms. The monoisotopic (exact) mass is 285 g/mol. The van der Waals surface area contributed by atoms with Crippen molar-refractivity contribution < 1.29 is 19.1 Å². The summed E-state index contributed by atoms with van der Waals surface area (Å²) in [6, 6.07) is 4.69. The Hall–Kier alpha value is -1.69. The number of benzene rings is 1. The van der Waals surface area contributed by atoms with Gasteiger partial charge >= 0.3 is 11.9 Å². The lowest BCUT2D eigenvalue weighted by Gasteiger charge is -2.06. The molecule has 0 aliphatic heterocycles. The van der Waals surface area contributed by atoms with Gasteiger partial charge in [-0.1, -0.05) is 15.9 Å². The Morgan fingerprint density at radius 1 is 1.44 bits per heavy atom. The number of aldehydes is 1. The van der Waals surface area contributed by atoms with E-state index in [0.717, 1.165) is 7.11 Å². The smallest absolute Gasteiger partial charge is 0.396 e. The molecule has 0 saturated heterocycles. The van der Waals surface area contributed by atoms with E-state index in [2.05, 4.69) is 26.0 Å². The predicted octanol–water partition coefficient (Wildman–Crippen LogP) is 1.37. The van der Waals surface area contributed by atoms with Crippen LogP contribution >= 0.6 is 15.9 Å². The minimum absolute atomic E-state index is 0.250. The Bertz CT molecular complexity index is 444. The van der Waals surface area contributed by atoms with Crippen molar-refractivity contribution in [3.8, 4) is 0 Å². The minimum atomic E-state index is -1.02. The lowest BCUT2D eigenvalue weighted by atomic mass is 10.2. The topological polar surface area (TPSA) is 72.5 Å². The molecule has 0 aromatic heterocycles. The predicted molar refractivity (Wildman–Crippen MR) is 60.2 cm³/mol. The number of halogens is 1. The maximum atomic E-state index is 11.2.